The number of carbonyl (C=O) groups excluding carboxylic acids is 4. The molecule has 0 aliphatic rings. The van der Waals surface area contributed by atoms with Crippen molar-refractivity contribution in [2.75, 3.05) is 19.6 Å². The fourth-order valence-electron chi connectivity index (χ4n) is 2.88. The lowest BCUT2D eigenvalue weighted by molar-refractivity contribution is -0.142. The first-order valence-electron chi connectivity index (χ1n) is 10.9. The molecule has 0 aromatic rings. The molecule has 0 aromatic heterocycles. The fraction of sp³-hybridized carbons (Fsp3) is 0.684. The molecule has 0 spiro atoms. The summed E-state index contributed by atoms with van der Waals surface area (Å²) in [6.07, 6.45) is 1.20. The summed E-state index contributed by atoms with van der Waals surface area (Å²) in [5.74, 6) is -4.24. The van der Waals surface area contributed by atoms with E-state index in [1.165, 1.54) is 0 Å². The monoisotopic (exact) mass is 487 g/mol. The molecule has 3 atom stereocenters. The number of aliphatic imine (C=N–C) groups is 1. The number of guanidine groups is 1. The summed E-state index contributed by atoms with van der Waals surface area (Å²) in [5, 5.41) is 16.6. The number of hydrogen-bond acceptors (Lipinski definition) is 8. The smallest absolute Gasteiger partial charge is 0.326 e. The number of amides is 4. The highest BCUT2D eigenvalue weighted by molar-refractivity contribution is 5.93. The molecular formula is C19H37N9O6. The van der Waals surface area contributed by atoms with Crippen molar-refractivity contribution in [3.63, 3.8) is 0 Å². The van der Waals surface area contributed by atoms with Gasteiger partial charge in [0.25, 0.3) is 0 Å². The number of unbranched alkanes of at least 4 members (excludes halogenated alkanes) is 1. The number of nitrogens with two attached hydrogens (primary N) is 5. The topological polar surface area (TPSA) is 284 Å². The summed E-state index contributed by atoms with van der Waals surface area (Å²) in [6, 6.07) is -3.56. The summed E-state index contributed by atoms with van der Waals surface area (Å²) in [5.41, 5.74) is 26.4. The third-order valence-electron chi connectivity index (χ3n) is 4.66. The predicted molar refractivity (Wildman–Crippen MR) is 124 cm³/mol. The number of carbonyl (C=O) groups is 5. The van der Waals surface area contributed by atoms with Crippen LogP contribution in [0, 0.1) is 0 Å². The minimum atomic E-state index is -1.27. The van der Waals surface area contributed by atoms with E-state index < -0.39 is 47.7 Å². The van der Waals surface area contributed by atoms with Crippen molar-refractivity contribution >= 4 is 35.6 Å². The molecule has 0 bridgehead atoms. The summed E-state index contributed by atoms with van der Waals surface area (Å²) >= 11 is 0. The van der Waals surface area contributed by atoms with Crippen LogP contribution < -0.4 is 44.6 Å². The average Bonchev–Trinajstić information content (AvgIpc) is 2.76. The molecule has 15 heteroatoms. The fourth-order valence-corrected chi connectivity index (χ4v) is 2.88. The maximum absolute atomic E-state index is 12.8. The van der Waals surface area contributed by atoms with Gasteiger partial charge >= 0.3 is 5.97 Å². The van der Waals surface area contributed by atoms with Crippen molar-refractivity contribution in [3.8, 4) is 0 Å². The van der Waals surface area contributed by atoms with Gasteiger partial charge in [-0.2, -0.15) is 0 Å². The van der Waals surface area contributed by atoms with Gasteiger partial charge in [0.05, 0.1) is 6.54 Å². The van der Waals surface area contributed by atoms with Crippen LogP contribution in [-0.4, -0.2) is 78.4 Å². The molecule has 0 heterocycles. The first kappa shape index (κ1) is 30.5. The number of hydrogen-bond donors (Lipinski definition) is 9. The van der Waals surface area contributed by atoms with Crippen LogP contribution in [0.5, 0.6) is 0 Å². The predicted octanol–water partition coefficient (Wildman–Crippen LogP) is -4.07. The zero-order chi connectivity index (χ0) is 26.1. The van der Waals surface area contributed by atoms with Crippen LogP contribution in [0.4, 0.5) is 0 Å². The Morgan fingerprint density at radius 3 is 1.82 bits per heavy atom. The maximum Gasteiger partial charge on any atom is 0.326 e. The van der Waals surface area contributed by atoms with E-state index in [1.54, 1.807) is 0 Å². The zero-order valence-corrected chi connectivity index (χ0v) is 19.1. The normalized spacial score (nSPS) is 13.1. The van der Waals surface area contributed by atoms with Crippen molar-refractivity contribution < 1.29 is 29.1 Å². The Kier molecular flexibility index (Phi) is 15.3. The first-order valence-corrected chi connectivity index (χ1v) is 10.9. The number of primary amides is 1. The summed E-state index contributed by atoms with van der Waals surface area (Å²) in [6.45, 7) is 0.197. The highest BCUT2D eigenvalue weighted by Crippen LogP contribution is 2.06. The van der Waals surface area contributed by atoms with Gasteiger partial charge in [-0.3, -0.25) is 24.2 Å². The molecule has 0 saturated heterocycles. The molecule has 0 radical (unpaired) electrons. The third-order valence-corrected chi connectivity index (χ3v) is 4.66. The largest absolute Gasteiger partial charge is 0.480 e. The minimum absolute atomic E-state index is 0.120. The number of carboxylic acids is 1. The Hall–Kier alpha value is -3.46. The van der Waals surface area contributed by atoms with Crippen LogP contribution in [0.25, 0.3) is 0 Å². The van der Waals surface area contributed by atoms with Gasteiger partial charge in [0.2, 0.25) is 23.6 Å². The second-order valence-corrected chi connectivity index (χ2v) is 7.52. The second kappa shape index (κ2) is 17.1. The Bertz CT molecular complexity index is 727. The Morgan fingerprint density at radius 1 is 0.765 bits per heavy atom. The maximum atomic E-state index is 12.8. The van der Waals surface area contributed by atoms with E-state index >= 15 is 0 Å². The van der Waals surface area contributed by atoms with Crippen LogP contribution in [0.2, 0.25) is 0 Å². The lowest BCUT2D eigenvalue weighted by Gasteiger charge is -2.24. The zero-order valence-electron chi connectivity index (χ0n) is 19.1. The van der Waals surface area contributed by atoms with Gasteiger partial charge in [0.15, 0.2) is 5.96 Å². The van der Waals surface area contributed by atoms with Gasteiger partial charge in [0.1, 0.15) is 18.1 Å². The van der Waals surface area contributed by atoms with E-state index in [0.717, 1.165) is 0 Å². The lowest BCUT2D eigenvalue weighted by Crippen LogP contribution is -2.56. The SMILES string of the molecule is NCCCCC(NC(=O)C(CCC(N)=O)NC(=O)C(CCCN=C(N)N)NC(=O)CN)C(=O)O. The van der Waals surface area contributed by atoms with E-state index in [9.17, 15) is 29.1 Å². The molecule has 0 rings (SSSR count). The number of aliphatic carboxylic acids is 1. The quantitative estimate of drug-likeness (QED) is 0.0511. The lowest BCUT2D eigenvalue weighted by atomic mass is 10.1. The first-order chi connectivity index (χ1) is 16.0. The van der Waals surface area contributed by atoms with E-state index in [-0.39, 0.29) is 44.7 Å². The van der Waals surface area contributed by atoms with Crippen molar-refractivity contribution in [2.24, 2.45) is 33.7 Å². The van der Waals surface area contributed by atoms with E-state index in [2.05, 4.69) is 20.9 Å². The van der Waals surface area contributed by atoms with Gasteiger partial charge in [-0.05, 0) is 45.1 Å². The van der Waals surface area contributed by atoms with Gasteiger partial charge in [-0.15, -0.1) is 0 Å². The van der Waals surface area contributed by atoms with Crippen molar-refractivity contribution in [3.05, 3.63) is 0 Å². The molecule has 0 aromatic carbocycles. The molecule has 0 fully saturated rings. The molecule has 194 valence electrons. The minimum Gasteiger partial charge on any atom is -0.480 e. The van der Waals surface area contributed by atoms with Crippen LogP contribution in [0.1, 0.15) is 44.9 Å². The van der Waals surface area contributed by atoms with Crippen molar-refractivity contribution in [1.82, 2.24) is 16.0 Å². The van der Waals surface area contributed by atoms with Gasteiger partial charge in [-0.25, -0.2) is 4.79 Å². The molecule has 0 aliphatic heterocycles. The molecule has 4 amide bonds. The van der Waals surface area contributed by atoms with Gasteiger partial charge in [0, 0.05) is 13.0 Å². The van der Waals surface area contributed by atoms with Crippen LogP contribution in [0.3, 0.4) is 0 Å². The molecule has 0 saturated carbocycles. The highest BCUT2D eigenvalue weighted by Gasteiger charge is 2.29. The number of rotatable bonds is 18. The number of nitrogens with one attached hydrogen (secondary N) is 3. The van der Waals surface area contributed by atoms with Crippen LogP contribution in [0.15, 0.2) is 4.99 Å². The van der Waals surface area contributed by atoms with Gasteiger partial charge < -0.3 is 49.7 Å². The van der Waals surface area contributed by atoms with Crippen LogP contribution >= 0.6 is 0 Å². The average molecular weight is 488 g/mol. The van der Waals surface area contributed by atoms with Gasteiger partial charge in [-0.1, -0.05) is 0 Å². The second-order valence-electron chi connectivity index (χ2n) is 7.52. The summed E-state index contributed by atoms with van der Waals surface area (Å²) in [7, 11) is 0. The van der Waals surface area contributed by atoms with E-state index in [4.69, 9.17) is 28.7 Å². The van der Waals surface area contributed by atoms with Crippen molar-refractivity contribution in [1.29, 1.82) is 0 Å². The van der Waals surface area contributed by atoms with Crippen LogP contribution in [-0.2, 0) is 24.0 Å². The van der Waals surface area contributed by atoms with E-state index in [0.29, 0.717) is 25.8 Å². The van der Waals surface area contributed by atoms with Crippen molar-refractivity contribution in [2.45, 2.75) is 63.1 Å². The standard InChI is InChI=1S/C19H37N9O6/c20-8-2-1-4-13(18(33)34)28-17(32)12(6-7-14(22)29)27-16(31)11(26-15(30)10-21)5-3-9-25-19(23)24/h11-13H,1-10,20-21H2,(H2,22,29)(H,26,30)(H,27,31)(H,28,32)(H,33,34)(H4,23,24,25). The number of nitrogens with zero attached hydrogens (tertiary/aromatic N) is 1. The van der Waals surface area contributed by atoms with E-state index in [1.807, 2.05) is 0 Å². The molecule has 0 aliphatic carbocycles. The molecule has 14 N–H and O–H groups in total. The molecular weight excluding hydrogens is 450 g/mol. The molecule has 15 nitrogen and oxygen atoms in total. The summed E-state index contributed by atoms with van der Waals surface area (Å²) < 4.78 is 0. The number of carboxylic acid groups (broad SMARTS) is 1. The molecule has 3 unspecified atom stereocenters. The Morgan fingerprint density at radius 2 is 1.32 bits per heavy atom. The Balaban J connectivity index is 5.41. The summed E-state index contributed by atoms with van der Waals surface area (Å²) in [4.78, 5) is 63.9. The Labute approximate surface area is 197 Å². The molecule has 34 heavy (non-hydrogen) atoms. The highest BCUT2D eigenvalue weighted by atomic mass is 16.4. The third kappa shape index (κ3) is 13.8.